The number of aryl methyl sites for hydroxylation is 1. The molecule has 1 fully saturated rings. The van der Waals surface area contributed by atoms with Crippen LogP contribution in [0.5, 0.6) is 0 Å². The van der Waals surface area contributed by atoms with Crippen LogP contribution in [0, 0.1) is 0 Å². The molecular weight excluding hydrogens is 258 g/mol. The zero-order chi connectivity index (χ0) is 14.7. The third-order valence-electron chi connectivity index (χ3n) is 3.83. The molecule has 1 heterocycles. The van der Waals surface area contributed by atoms with E-state index in [4.69, 9.17) is 4.98 Å². The molecule has 110 valence electrons. The fraction of sp³-hybridized carbons (Fsp3) is 0.444. The molecule has 3 nitrogen and oxygen atoms in total. The molecule has 3 heteroatoms. The summed E-state index contributed by atoms with van der Waals surface area (Å²) in [5, 5.41) is 3.32. The number of benzene rings is 1. The summed E-state index contributed by atoms with van der Waals surface area (Å²) in [6.07, 6.45) is 4.78. The second-order valence-electron chi connectivity index (χ2n) is 5.75. The lowest BCUT2D eigenvalue weighted by Crippen LogP contribution is -2.04. The van der Waals surface area contributed by atoms with E-state index in [0.29, 0.717) is 5.92 Å². The van der Waals surface area contributed by atoms with E-state index in [1.807, 2.05) is 0 Å². The van der Waals surface area contributed by atoms with Gasteiger partial charge >= 0.3 is 0 Å². The Hall–Kier alpha value is -1.90. The van der Waals surface area contributed by atoms with Crippen molar-refractivity contribution in [2.24, 2.45) is 0 Å². The molecule has 1 aromatic carbocycles. The van der Waals surface area contributed by atoms with Gasteiger partial charge in [0, 0.05) is 24.1 Å². The van der Waals surface area contributed by atoms with Crippen molar-refractivity contribution in [2.75, 3.05) is 11.9 Å². The standard InChI is InChI=1S/C18H23N3/c1-3-5-13-6-8-14(9-7-13)16-12-17(19-4-2)21-18(20-16)15-10-11-15/h6-9,12,15H,3-5,10-11H2,1-2H3,(H,19,20,21). The first-order chi connectivity index (χ1) is 10.3. The number of nitrogens with zero attached hydrogens (tertiary/aromatic N) is 2. The SMILES string of the molecule is CCCc1ccc(-c2cc(NCC)nc(C3CC3)n2)cc1. The molecular formula is C18H23N3. The fourth-order valence-corrected chi connectivity index (χ4v) is 2.54. The summed E-state index contributed by atoms with van der Waals surface area (Å²) >= 11 is 0. The van der Waals surface area contributed by atoms with Gasteiger partial charge in [-0.3, -0.25) is 0 Å². The third kappa shape index (κ3) is 3.41. The molecule has 0 saturated heterocycles. The topological polar surface area (TPSA) is 37.8 Å². The first kappa shape index (κ1) is 14.1. The highest BCUT2D eigenvalue weighted by molar-refractivity contribution is 5.63. The molecule has 0 aliphatic heterocycles. The number of hydrogen-bond acceptors (Lipinski definition) is 3. The van der Waals surface area contributed by atoms with E-state index in [2.05, 4.69) is 54.5 Å². The maximum Gasteiger partial charge on any atom is 0.134 e. The van der Waals surface area contributed by atoms with E-state index >= 15 is 0 Å². The van der Waals surface area contributed by atoms with Crippen molar-refractivity contribution in [2.45, 2.75) is 45.4 Å². The quantitative estimate of drug-likeness (QED) is 0.852. The summed E-state index contributed by atoms with van der Waals surface area (Å²) in [4.78, 5) is 9.41. The summed E-state index contributed by atoms with van der Waals surface area (Å²) in [5.41, 5.74) is 3.61. The van der Waals surface area contributed by atoms with Gasteiger partial charge < -0.3 is 5.32 Å². The number of aromatic nitrogens is 2. The maximum atomic E-state index is 4.77. The van der Waals surface area contributed by atoms with E-state index in [0.717, 1.165) is 30.3 Å². The largest absolute Gasteiger partial charge is 0.370 e. The lowest BCUT2D eigenvalue weighted by molar-refractivity contribution is 0.920. The number of anilines is 1. The van der Waals surface area contributed by atoms with Crippen molar-refractivity contribution in [3.63, 3.8) is 0 Å². The highest BCUT2D eigenvalue weighted by Crippen LogP contribution is 2.39. The Morgan fingerprint density at radius 1 is 1.10 bits per heavy atom. The van der Waals surface area contributed by atoms with Gasteiger partial charge in [-0.2, -0.15) is 0 Å². The number of rotatable bonds is 6. The van der Waals surface area contributed by atoms with E-state index in [-0.39, 0.29) is 0 Å². The van der Waals surface area contributed by atoms with Gasteiger partial charge in [-0.25, -0.2) is 9.97 Å². The minimum absolute atomic E-state index is 0.571. The monoisotopic (exact) mass is 281 g/mol. The second kappa shape index (κ2) is 6.25. The van der Waals surface area contributed by atoms with Crippen molar-refractivity contribution >= 4 is 5.82 Å². The van der Waals surface area contributed by atoms with Gasteiger partial charge in [0.25, 0.3) is 0 Å². The summed E-state index contributed by atoms with van der Waals surface area (Å²) in [7, 11) is 0. The Bertz CT molecular complexity index is 600. The molecule has 1 N–H and O–H groups in total. The summed E-state index contributed by atoms with van der Waals surface area (Å²) in [5.74, 6) is 2.52. The van der Waals surface area contributed by atoms with Gasteiger partial charge in [-0.05, 0) is 31.7 Å². The van der Waals surface area contributed by atoms with Crippen molar-refractivity contribution in [1.82, 2.24) is 9.97 Å². The van der Waals surface area contributed by atoms with Crippen molar-refractivity contribution < 1.29 is 0 Å². The van der Waals surface area contributed by atoms with Crippen LogP contribution in [-0.4, -0.2) is 16.5 Å². The van der Waals surface area contributed by atoms with Crippen LogP contribution in [0.4, 0.5) is 5.82 Å². The van der Waals surface area contributed by atoms with Crippen LogP contribution in [0.15, 0.2) is 30.3 Å². The molecule has 0 atom stereocenters. The van der Waals surface area contributed by atoms with E-state index in [9.17, 15) is 0 Å². The lowest BCUT2D eigenvalue weighted by atomic mass is 10.1. The third-order valence-corrected chi connectivity index (χ3v) is 3.83. The predicted octanol–water partition coefficient (Wildman–Crippen LogP) is 4.41. The summed E-state index contributed by atoms with van der Waals surface area (Å²) in [6.45, 7) is 5.19. The first-order valence-corrected chi connectivity index (χ1v) is 8.02. The second-order valence-corrected chi connectivity index (χ2v) is 5.75. The normalized spacial score (nSPS) is 14.2. The maximum absolute atomic E-state index is 4.77. The van der Waals surface area contributed by atoms with Gasteiger partial charge in [-0.1, -0.05) is 37.6 Å². The minimum Gasteiger partial charge on any atom is -0.370 e. The van der Waals surface area contributed by atoms with Gasteiger partial charge in [0.15, 0.2) is 0 Å². The van der Waals surface area contributed by atoms with Gasteiger partial charge in [0.2, 0.25) is 0 Å². The minimum atomic E-state index is 0.571. The lowest BCUT2D eigenvalue weighted by Gasteiger charge is -2.09. The Morgan fingerprint density at radius 2 is 1.86 bits per heavy atom. The van der Waals surface area contributed by atoms with Crippen LogP contribution in [0.1, 0.15) is 50.4 Å². The van der Waals surface area contributed by atoms with Crippen LogP contribution in [0.2, 0.25) is 0 Å². The van der Waals surface area contributed by atoms with E-state index in [1.54, 1.807) is 0 Å². The molecule has 0 unspecified atom stereocenters. The Kier molecular flexibility index (Phi) is 4.18. The van der Waals surface area contributed by atoms with Gasteiger partial charge in [0.1, 0.15) is 11.6 Å². The van der Waals surface area contributed by atoms with E-state index in [1.165, 1.54) is 30.4 Å². The summed E-state index contributed by atoms with van der Waals surface area (Å²) in [6, 6.07) is 10.8. The van der Waals surface area contributed by atoms with Crippen LogP contribution < -0.4 is 5.32 Å². The van der Waals surface area contributed by atoms with Gasteiger partial charge in [0.05, 0.1) is 5.69 Å². The average Bonchev–Trinajstić information content (AvgIpc) is 3.33. The molecule has 0 amide bonds. The van der Waals surface area contributed by atoms with E-state index < -0.39 is 0 Å². The Balaban J connectivity index is 1.92. The zero-order valence-corrected chi connectivity index (χ0v) is 12.9. The molecule has 0 spiro atoms. The zero-order valence-electron chi connectivity index (χ0n) is 12.9. The molecule has 1 aromatic heterocycles. The van der Waals surface area contributed by atoms with Crippen LogP contribution in [-0.2, 0) is 6.42 Å². The molecule has 2 aromatic rings. The molecule has 1 saturated carbocycles. The van der Waals surface area contributed by atoms with Crippen LogP contribution in [0.25, 0.3) is 11.3 Å². The molecule has 0 radical (unpaired) electrons. The highest BCUT2D eigenvalue weighted by Gasteiger charge is 2.27. The Morgan fingerprint density at radius 3 is 2.48 bits per heavy atom. The number of nitrogens with one attached hydrogen (secondary N) is 1. The first-order valence-electron chi connectivity index (χ1n) is 8.02. The van der Waals surface area contributed by atoms with Crippen LogP contribution >= 0.6 is 0 Å². The molecule has 3 rings (SSSR count). The molecule has 0 bridgehead atoms. The van der Waals surface area contributed by atoms with Crippen molar-refractivity contribution in [1.29, 1.82) is 0 Å². The molecule has 1 aliphatic carbocycles. The van der Waals surface area contributed by atoms with Crippen molar-refractivity contribution in [3.8, 4) is 11.3 Å². The van der Waals surface area contributed by atoms with Crippen molar-refractivity contribution in [3.05, 3.63) is 41.7 Å². The highest BCUT2D eigenvalue weighted by atomic mass is 15.0. The predicted molar refractivity (Wildman–Crippen MR) is 87.6 cm³/mol. The Labute approximate surface area is 126 Å². The summed E-state index contributed by atoms with van der Waals surface area (Å²) < 4.78 is 0. The average molecular weight is 281 g/mol. The van der Waals surface area contributed by atoms with Crippen LogP contribution in [0.3, 0.4) is 0 Å². The number of hydrogen-bond donors (Lipinski definition) is 1. The fourth-order valence-electron chi connectivity index (χ4n) is 2.54. The molecule has 21 heavy (non-hydrogen) atoms. The smallest absolute Gasteiger partial charge is 0.134 e. The molecule has 1 aliphatic rings. The van der Waals surface area contributed by atoms with Gasteiger partial charge in [-0.15, -0.1) is 0 Å².